The van der Waals surface area contributed by atoms with E-state index in [0.717, 1.165) is 0 Å². The van der Waals surface area contributed by atoms with E-state index in [1.54, 1.807) is 12.1 Å². The minimum atomic E-state index is -1.09. The summed E-state index contributed by atoms with van der Waals surface area (Å²) in [5, 5.41) is 4.12. The van der Waals surface area contributed by atoms with Crippen molar-refractivity contribution in [3.05, 3.63) is 29.8 Å². The van der Waals surface area contributed by atoms with E-state index in [9.17, 15) is 9.59 Å². The first-order valence-electron chi connectivity index (χ1n) is 7.16. The SMILES string of the molecule is CC(C)Oc1ccc(C(=O)OOOC(=O)OCC(C)(C)C)cc1. The molecule has 0 spiro atoms. The standard InChI is InChI=1S/C16H22O7/c1-11(2)20-13-8-6-12(7-9-13)14(17)21-23-22-15(18)19-10-16(3,4)5/h6-9,11H,10H2,1-5H3. The van der Waals surface area contributed by atoms with Crippen molar-refractivity contribution in [2.24, 2.45) is 5.41 Å². The largest absolute Gasteiger partial charge is 0.543 e. The Morgan fingerprint density at radius 1 is 1.04 bits per heavy atom. The number of hydrogen-bond donors (Lipinski definition) is 0. The summed E-state index contributed by atoms with van der Waals surface area (Å²) in [6, 6.07) is 6.24. The molecule has 0 heterocycles. The van der Waals surface area contributed by atoms with Gasteiger partial charge in [0.05, 0.1) is 23.3 Å². The van der Waals surface area contributed by atoms with Crippen molar-refractivity contribution in [1.29, 1.82) is 0 Å². The van der Waals surface area contributed by atoms with Gasteiger partial charge in [0.15, 0.2) is 0 Å². The van der Waals surface area contributed by atoms with Crippen molar-refractivity contribution in [3.8, 4) is 5.75 Å². The van der Waals surface area contributed by atoms with E-state index in [2.05, 4.69) is 14.8 Å². The predicted octanol–water partition coefficient (Wildman–Crippen LogP) is 3.68. The minimum Gasteiger partial charge on any atom is -0.491 e. The molecule has 0 saturated carbocycles. The Labute approximate surface area is 135 Å². The summed E-state index contributed by atoms with van der Waals surface area (Å²) in [5.74, 6) is -0.191. The lowest BCUT2D eigenvalue weighted by atomic mass is 9.99. The zero-order valence-electron chi connectivity index (χ0n) is 14.0. The van der Waals surface area contributed by atoms with E-state index in [1.165, 1.54) is 12.1 Å². The molecule has 0 bridgehead atoms. The van der Waals surface area contributed by atoms with Crippen LogP contribution in [0.3, 0.4) is 0 Å². The number of rotatable bonds is 6. The quantitative estimate of drug-likeness (QED) is 0.448. The molecule has 0 fully saturated rings. The highest BCUT2D eigenvalue weighted by Gasteiger charge is 2.16. The van der Waals surface area contributed by atoms with Gasteiger partial charge in [-0.2, -0.15) is 0 Å². The molecule has 1 aromatic carbocycles. The summed E-state index contributed by atoms with van der Waals surface area (Å²) >= 11 is 0. The molecule has 1 rings (SSSR count). The second-order valence-electron chi connectivity index (χ2n) is 6.31. The van der Waals surface area contributed by atoms with Crippen LogP contribution < -0.4 is 4.74 Å². The van der Waals surface area contributed by atoms with Crippen LogP contribution in [0.1, 0.15) is 45.0 Å². The highest BCUT2D eigenvalue weighted by Crippen LogP contribution is 2.15. The number of carbonyl (C=O) groups is 2. The summed E-state index contributed by atoms with van der Waals surface area (Å²) in [6.07, 6.45) is -1.06. The van der Waals surface area contributed by atoms with Gasteiger partial charge in [-0.15, -0.1) is 0 Å². The number of hydrogen-bond acceptors (Lipinski definition) is 7. The highest BCUT2D eigenvalue weighted by atomic mass is 17.5. The molecule has 0 N–H and O–H groups in total. The summed E-state index contributed by atoms with van der Waals surface area (Å²) in [5.41, 5.74) is 0.00273. The van der Waals surface area contributed by atoms with Gasteiger partial charge in [-0.25, -0.2) is 14.5 Å². The smallest absolute Gasteiger partial charge is 0.491 e. The Morgan fingerprint density at radius 2 is 1.65 bits per heavy atom. The van der Waals surface area contributed by atoms with Crippen LogP contribution >= 0.6 is 0 Å². The van der Waals surface area contributed by atoms with Crippen LogP contribution in [-0.2, 0) is 19.6 Å². The Kier molecular flexibility index (Phi) is 6.84. The molecule has 0 amide bonds. The van der Waals surface area contributed by atoms with Gasteiger partial charge in [0, 0.05) is 0 Å². The Bertz CT molecular complexity index is 514. The van der Waals surface area contributed by atoms with Crippen molar-refractivity contribution >= 4 is 12.1 Å². The monoisotopic (exact) mass is 326 g/mol. The van der Waals surface area contributed by atoms with Crippen molar-refractivity contribution in [2.45, 2.75) is 40.7 Å². The summed E-state index contributed by atoms with van der Waals surface area (Å²) in [7, 11) is 0. The van der Waals surface area contributed by atoms with Gasteiger partial charge in [0.1, 0.15) is 5.75 Å². The van der Waals surface area contributed by atoms with E-state index < -0.39 is 12.1 Å². The first-order chi connectivity index (χ1) is 10.7. The molecule has 0 atom stereocenters. The van der Waals surface area contributed by atoms with E-state index in [1.807, 2.05) is 34.6 Å². The van der Waals surface area contributed by atoms with E-state index >= 15 is 0 Å². The van der Waals surface area contributed by atoms with Crippen LogP contribution in [0.5, 0.6) is 5.75 Å². The van der Waals surface area contributed by atoms with Crippen LogP contribution in [0, 0.1) is 5.41 Å². The molecule has 0 radical (unpaired) electrons. The second kappa shape index (κ2) is 8.38. The van der Waals surface area contributed by atoms with Gasteiger partial charge in [-0.1, -0.05) is 20.8 Å². The molecule has 23 heavy (non-hydrogen) atoms. The fraction of sp³-hybridized carbons (Fsp3) is 0.500. The molecule has 7 nitrogen and oxygen atoms in total. The zero-order valence-corrected chi connectivity index (χ0v) is 14.0. The molecule has 0 aliphatic rings. The fourth-order valence-electron chi connectivity index (χ4n) is 1.37. The van der Waals surface area contributed by atoms with Gasteiger partial charge < -0.3 is 9.47 Å². The maximum absolute atomic E-state index is 11.7. The Morgan fingerprint density at radius 3 is 2.17 bits per heavy atom. The Hall–Kier alpha value is -2.28. The van der Waals surface area contributed by atoms with E-state index in [-0.39, 0.29) is 23.7 Å². The second-order valence-corrected chi connectivity index (χ2v) is 6.31. The highest BCUT2D eigenvalue weighted by molar-refractivity contribution is 5.89. The molecule has 128 valence electrons. The van der Waals surface area contributed by atoms with Gasteiger partial charge in [0.2, 0.25) is 0 Å². The normalized spacial score (nSPS) is 11.0. The fourth-order valence-corrected chi connectivity index (χ4v) is 1.37. The third-order valence-corrected chi connectivity index (χ3v) is 2.30. The van der Waals surface area contributed by atoms with Gasteiger partial charge in [-0.05, 0) is 43.5 Å². The maximum Gasteiger partial charge on any atom is 0.543 e. The van der Waals surface area contributed by atoms with Gasteiger partial charge in [0.25, 0.3) is 0 Å². The lowest BCUT2D eigenvalue weighted by Crippen LogP contribution is -2.19. The Balaban J connectivity index is 2.35. The minimum absolute atomic E-state index is 0.0312. The molecule has 7 heteroatoms. The van der Waals surface area contributed by atoms with Crippen molar-refractivity contribution < 1.29 is 33.9 Å². The molecule has 0 aliphatic heterocycles. The van der Waals surface area contributed by atoms with Crippen LogP contribution in [0.25, 0.3) is 0 Å². The van der Waals surface area contributed by atoms with Crippen LogP contribution in [0.4, 0.5) is 4.79 Å². The van der Waals surface area contributed by atoms with Crippen molar-refractivity contribution in [2.75, 3.05) is 6.61 Å². The first-order valence-corrected chi connectivity index (χ1v) is 7.16. The molecule has 1 aromatic rings. The molecule has 0 unspecified atom stereocenters. The third kappa shape index (κ3) is 8.06. The predicted molar refractivity (Wildman–Crippen MR) is 80.6 cm³/mol. The number of benzene rings is 1. The maximum atomic E-state index is 11.7. The molecule has 0 aromatic heterocycles. The average molecular weight is 326 g/mol. The zero-order chi connectivity index (χ0) is 17.5. The van der Waals surface area contributed by atoms with Crippen LogP contribution in [0.2, 0.25) is 0 Å². The van der Waals surface area contributed by atoms with Crippen LogP contribution in [-0.4, -0.2) is 24.8 Å². The molecular weight excluding hydrogens is 304 g/mol. The lowest BCUT2D eigenvalue weighted by Gasteiger charge is -2.16. The van der Waals surface area contributed by atoms with E-state index in [0.29, 0.717) is 5.75 Å². The summed E-state index contributed by atoms with van der Waals surface area (Å²) < 4.78 is 10.2. The van der Waals surface area contributed by atoms with Gasteiger partial charge in [-0.3, -0.25) is 4.89 Å². The molecule has 0 saturated heterocycles. The van der Waals surface area contributed by atoms with Crippen LogP contribution in [0.15, 0.2) is 24.3 Å². The third-order valence-electron chi connectivity index (χ3n) is 2.30. The first kappa shape index (κ1) is 18.8. The summed E-state index contributed by atoms with van der Waals surface area (Å²) in [4.78, 5) is 31.4. The van der Waals surface area contributed by atoms with Crippen molar-refractivity contribution in [1.82, 2.24) is 0 Å². The molecular formula is C16H22O7. The average Bonchev–Trinajstić information content (AvgIpc) is 2.44. The molecule has 0 aliphatic carbocycles. The lowest BCUT2D eigenvalue weighted by molar-refractivity contribution is -0.452. The van der Waals surface area contributed by atoms with E-state index in [4.69, 9.17) is 9.47 Å². The van der Waals surface area contributed by atoms with Gasteiger partial charge >= 0.3 is 12.1 Å². The number of carbonyl (C=O) groups excluding carboxylic acids is 2. The summed E-state index contributed by atoms with van der Waals surface area (Å²) in [6.45, 7) is 9.58. The topological polar surface area (TPSA) is 80.3 Å². The number of ether oxygens (including phenoxy) is 2. The van der Waals surface area contributed by atoms with Crippen molar-refractivity contribution in [3.63, 3.8) is 0 Å².